The molecule has 2 aromatic rings. The van der Waals surface area contributed by atoms with Crippen molar-refractivity contribution in [3.8, 4) is 0 Å². The molecule has 1 aliphatic heterocycles. The number of ketones is 1. The summed E-state index contributed by atoms with van der Waals surface area (Å²) in [6.45, 7) is 9.08. The first kappa shape index (κ1) is 23.8. The average molecular weight is 462 g/mol. The van der Waals surface area contributed by atoms with Crippen LogP contribution in [0.1, 0.15) is 54.9 Å². The first-order valence-corrected chi connectivity index (χ1v) is 10.6. The molecular weight excluding hydrogens is 429 g/mol. The van der Waals surface area contributed by atoms with Crippen LogP contribution >= 0.6 is 0 Å². The van der Waals surface area contributed by atoms with Crippen LogP contribution in [-0.4, -0.2) is 29.4 Å². The molecular formula is C25H33BrFNO. The number of carbonyl (C=O) groups excluding carboxylic acids is 1. The molecule has 0 amide bonds. The third-order valence-electron chi connectivity index (χ3n) is 6.51. The Balaban J connectivity index is 0.00000300. The van der Waals surface area contributed by atoms with Crippen LogP contribution in [0.4, 0.5) is 4.39 Å². The zero-order chi connectivity index (χ0) is 20.1. The smallest absolute Gasteiger partial charge is 0.194 e. The molecule has 3 rings (SSSR count). The van der Waals surface area contributed by atoms with Gasteiger partial charge in [-0.15, -0.1) is 0 Å². The molecule has 0 spiro atoms. The highest BCUT2D eigenvalue weighted by Crippen LogP contribution is 2.30. The SMILES string of the molecule is CCC(C(=O)Cc1c(C)cccc1C)[N+]1(Cc2cccc(F)c2)CCCCC1.[Br-]. The van der Waals surface area contributed by atoms with Crippen molar-refractivity contribution in [2.45, 2.75) is 65.5 Å². The summed E-state index contributed by atoms with van der Waals surface area (Å²) in [6.07, 6.45) is 4.84. The van der Waals surface area contributed by atoms with E-state index in [1.807, 2.05) is 6.07 Å². The maximum Gasteiger partial charge on any atom is 0.194 e. The van der Waals surface area contributed by atoms with E-state index in [2.05, 4.69) is 39.0 Å². The number of hydrogen-bond acceptors (Lipinski definition) is 1. The fourth-order valence-electron chi connectivity index (χ4n) is 5.06. The number of hydrogen-bond donors (Lipinski definition) is 0. The Morgan fingerprint density at radius 1 is 1.03 bits per heavy atom. The second-order valence-electron chi connectivity index (χ2n) is 8.45. The molecule has 1 saturated heterocycles. The Morgan fingerprint density at radius 2 is 1.66 bits per heavy atom. The highest BCUT2D eigenvalue weighted by molar-refractivity contribution is 5.85. The van der Waals surface area contributed by atoms with E-state index in [-0.39, 0.29) is 28.8 Å². The van der Waals surface area contributed by atoms with E-state index in [9.17, 15) is 9.18 Å². The van der Waals surface area contributed by atoms with Crippen molar-refractivity contribution in [1.29, 1.82) is 0 Å². The number of benzene rings is 2. The molecule has 1 unspecified atom stereocenters. The zero-order valence-electron chi connectivity index (χ0n) is 17.9. The molecule has 1 atom stereocenters. The van der Waals surface area contributed by atoms with Gasteiger partial charge in [0, 0.05) is 18.4 Å². The van der Waals surface area contributed by atoms with Crippen molar-refractivity contribution < 1.29 is 30.6 Å². The van der Waals surface area contributed by atoms with E-state index in [4.69, 9.17) is 0 Å². The van der Waals surface area contributed by atoms with E-state index in [0.29, 0.717) is 12.2 Å². The van der Waals surface area contributed by atoms with Crippen LogP contribution in [0.15, 0.2) is 42.5 Å². The summed E-state index contributed by atoms with van der Waals surface area (Å²) in [5, 5.41) is 0. The lowest BCUT2D eigenvalue weighted by atomic mass is 9.91. The molecule has 4 heteroatoms. The van der Waals surface area contributed by atoms with Gasteiger partial charge in [0.1, 0.15) is 18.4 Å². The van der Waals surface area contributed by atoms with Crippen molar-refractivity contribution in [1.82, 2.24) is 0 Å². The molecule has 0 bridgehead atoms. The summed E-state index contributed by atoms with van der Waals surface area (Å²) < 4.78 is 14.6. The summed E-state index contributed by atoms with van der Waals surface area (Å²) in [5.74, 6) is 0.140. The van der Waals surface area contributed by atoms with E-state index in [0.717, 1.165) is 48.9 Å². The minimum Gasteiger partial charge on any atom is -1.00 e. The summed E-state index contributed by atoms with van der Waals surface area (Å²) in [4.78, 5) is 13.5. The van der Waals surface area contributed by atoms with Gasteiger partial charge in [-0.1, -0.05) is 37.3 Å². The summed E-state index contributed by atoms with van der Waals surface area (Å²) in [5.41, 5.74) is 4.56. The zero-order valence-corrected chi connectivity index (χ0v) is 19.5. The molecule has 0 N–H and O–H groups in total. The second kappa shape index (κ2) is 10.5. The fourth-order valence-corrected chi connectivity index (χ4v) is 5.06. The first-order chi connectivity index (χ1) is 13.4. The molecule has 0 aromatic heterocycles. The van der Waals surface area contributed by atoms with Gasteiger partial charge in [0.2, 0.25) is 0 Å². The lowest BCUT2D eigenvalue weighted by Crippen LogP contribution is -3.00. The maximum absolute atomic E-state index is 13.8. The van der Waals surface area contributed by atoms with Gasteiger partial charge in [-0.2, -0.15) is 0 Å². The molecule has 29 heavy (non-hydrogen) atoms. The van der Waals surface area contributed by atoms with Gasteiger partial charge < -0.3 is 21.5 Å². The van der Waals surface area contributed by atoms with Gasteiger partial charge in [0.15, 0.2) is 5.78 Å². The van der Waals surface area contributed by atoms with E-state index in [1.54, 1.807) is 12.1 Å². The molecule has 1 heterocycles. The van der Waals surface area contributed by atoms with Crippen LogP contribution < -0.4 is 17.0 Å². The quantitative estimate of drug-likeness (QED) is 0.579. The van der Waals surface area contributed by atoms with Crippen molar-refractivity contribution in [2.24, 2.45) is 0 Å². The number of rotatable bonds is 7. The van der Waals surface area contributed by atoms with Crippen molar-refractivity contribution in [3.63, 3.8) is 0 Å². The van der Waals surface area contributed by atoms with Gasteiger partial charge in [-0.25, -0.2) is 4.39 Å². The molecule has 0 radical (unpaired) electrons. The number of piperidine rings is 1. The van der Waals surface area contributed by atoms with Crippen LogP contribution in [0.25, 0.3) is 0 Å². The highest BCUT2D eigenvalue weighted by atomic mass is 79.9. The predicted octanol–water partition coefficient (Wildman–Crippen LogP) is 2.54. The first-order valence-electron chi connectivity index (χ1n) is 10.6. The number of Topliss-reactive ketones (excluding diaryl/α,β-unsaturated/α-hetero) is 1. The number of nitrogens with zero attached hydrogens (tertiary/aromatic N) is 1. The number of likely N-dealkylation sites (tertiary alicyclic amines) is 1. The normalized spacial score (nSPS) is 16.7. The summed E-state index contributed by atoms with van der Waals surface area (Å²) in [6, 6.07) is 13.1. The van der Waals surface area contributed by atoms with E-state index < -0.39 is 0 Å². The lowest BCUT2D eigenvalue weighted by molar-refractivity contribution is -0.959. The Kier molecular flexibility index (Phi) is 8.59. The molecule has 0 aliphatic carbocycles. The predicted molar refractivity (Wildman–Crippen MR) is 113 cm³/mol. The summed E-state index contributed by atoms with van der Waals surface area (Å²) in [7, 11) is 0. The summed E-state index contributed by atoms with van der Waals surface area (Å²) >= 11 is 0. The molecule has 2 nitrogen and oxygen atoms in total. The Morgan fingerprint density at radius 3 is 2.24 bits per heavy atom. The standard InChI is InChI=1S/C25H33FNO.BrH/c1-4-24(25(28)17-23-19(2)10-8-11-20(23)3)27(14-6-5-7-15-27)18-21-12-9-13-22(26)16-21;/h8-13,16,24H,4-7,14-15,17-18H2,1-3H3;1H/q+1;/p-1. The number of halogens is 2. The van der Waals surface area contributed by atoms with Crippen LogP contribution in [0.3, 0.4) is 0 Å². The highest BCUT2D eigenvalue weighted by Gasteiger charge is 2.41. The minimum atomic E-state index is -0.192. The third-order valence-corrected chi connectivity index (χ3v) is 6.51. The molecule has 158 valence electrons. The number of carbonyl (C=O) groups is 1. The van der Waals surface area contributed by atoms with Gasteiger partial charge in [-0.3, -0.25) is 4.79 Å². The molecule has 1 aliphatic rings. The van der Waals surface area contributed by atoms with E-state index >= 15 is 0 Å². The second-order valence-corrected chi connectivity index (χ2v) is 8.45. The van der Waals surface area contributed by atoms with Crippen molar-refractivity contribution in [2.75, 3.05) is 13.1 Å². The number of quaternary nitrogens is 1. The number of aryl methyl sites for hydroxylation is 2. The topological polar surface area (TPSA) is 17.1 Å². The van der Waals surface area contributed by atoms with Crippen LogP contribution in [0.2, 0.25) is 0 Å². The molecule has 0 saturated carbocycles. The fraction of sp³-hybridized carbons (Fsp3) is 0.480. The van der Waals surface area contributed by atoms with Crippen LogP contribution in [-0.2, 0) is 17.8 Å². The Hall–Kier alpha value is -1.52. The van der Waals surface area contributed by atoms with Gasteiger partial charge in [0.25, 0.3) is 0 Å². The lowest BCUT2D eigenvalue weighted by Gasteiger charge is -2.46. The van der Waals surface area contributed by atoms with Crippen molar-refractivity contribution in [3.05, 3.63) is 70.5 Å². The van der Waals surface area contributed by atoms with Gasteiger partial charge >= 0.3 is 0 Å². The Bertz CT molecular complexity index is 809. The Labute approximate surface area is 185 Å². The van der Waals surface area contributed by atoms with Crippen LogP contribution in [0, 0.1) is 19.7 Å². The molecule has 1 fully saturated rings. The maximum atomic E-state index is 13.8. The van der Waals surface area contributed by atoms with E-state index in [1.165, 1.54) is 29.2 Å². The monoisotopic (exact) mass is 461 g/mol. The third kappa shape index (κ3) is 5.55. The minimum absolute atomic E-state index is 0. The largest absolute Gasteiger partial charge is 1.00 e. The van der Waals surface area contributed by atoms with Gasteiger partial charge in [-0.05, 0) is 61.9 Å². The van der Waals surface area contributed by atoms with Crippen LogP contribution in [0.5, 0.6) is 0 Å². The van der Waals surface area contributed by atoms with Crippen molar-refractivity contribution >= 4 is 5.78 Å². The average Bonchev–Trinajstić information content (AvgIpc) is 2.66. The van der Waals surface area contributed by atoms with Gasteiger partial charge in [0.05, 0.1) is 13.1 Å². The molecule has 2 aromatic carbocycles.